The van der Waals surface area contributed by atoms with Crippen molar-refractivity contribution >= 4 is 23.2 Å². The smallest absolute Gasteiger partial charge is 0.332 e. The summed E-state index contributed by atoms with van der Waals surface area (Å²) in [5.41, 5.74) is 8.13. The molecule has 1 aromatic heterocycles. The first kappa shape index (κ1) is 14.6. The van der Waals surface area contributed by atoms with E-state index in [1.54, 1.807) is 19.5 Å². The molecule has 0 aliphatic rings. The molecule has 0 saturated carbocycles. The number of nitrogens with zero attached hydrogens (tertiary/aromatic N) is 2. The van der Waals surface area contributed by atoms with Gasteiger partial charge in [0, 0.05) is 11.9 Å². The summed E-state index contributed by atoms with van der Waals surface area (Å²) in [4.78, 5) is 29.7. The van der Waals surface area contributed by atoms with E-state index in [1.807, 2.05) is 6.92 Å². The molecule has 0 spiro atoms. The Hall–Kier alpha value is -1.47. The Bertz CT molecular complexity index is 433. The van der Waals surface area contributed by atoms with Gasteiger partial charge in [0.1, 0.15) is 0 Å². The summed E-state index contributed by atoms with van der Waals surface area (Å²) in [5, 5.41) is 0. The largest absolute Gasteiger partial charge is 0.464 e. The number of nitrogens with two attached hydrogens (primary N) is 1. The number of thiazole rings is 1. The average molecular weight is 271 g/mol. The first-order valence-electron chi connectivity index (χ1n) is 5.53. The minimum atomic E-state index is -1.26. The molecule has 0 radical (unpaired) electrons. The second kappa shape index (κ2) is 6.46. The monoisotopic (exact) mass is 271 g/mol. The van der Waals surface area contributed by atoms with Gasteiger partial charge in [-0.05, 0) is 13.8 Å². The van der Waals surface area contributed by atoms with Crippen LogP contribution in [0.3, 0.4) is 0 Å². The van der Waals surface area contributed by atoms with Crippen LogP contribution in [0.2, 0.25) is 0 Å². The summed E-state index contributed by atoms with van der Waals surface area (Å²) in [6.45, 7) is 4.13. The second-order valence-electron chi connectivity index (χ2n) is 3.78. The van der Waals surface area contributed by atoms with Gasteiger partial charge < -0.3 is 15.4 Å². The Morgan fingerprint density at radius 2 is 2.28 bits per heavy atom. The summed E-state index contributed by atoms with van der Waals surface area (Å²) in [6.07, 6.45) is 0. The van der Waals surface area contributed by atoms with Crippen molar-refractivity contribution in [3.63, 3.8) is 0 Å². The minimum Gasteiger partial charge on any atom is -0.464 e. The lowest BCUT2D eigenvalue weighted by atomic mass is 10.2. The summed E-state index contributed by atoms with van der Waals surface area (Å²) in [7, 11) is 1.60. The molecule has 2 N–H and O–H groups in total. The number of rotatable bonds is 5. The van der Waals surface area contributed by atoms with Crippen LogP contribution in [0.25, 0.3) is 0 Å². The third kappa shape index (κ3) is 3.51. The highest BCUT2D eigenvalue weighted by Gasteiger charge is 2.26. The predicted octanol–water partition coefficient (Wildman–Crippen LogP) is 0.300. The van der Waals surface area contributed by atoms with Gasteiger partial charge in [-0.3, -0.25) is 4.79 Å². The molecule has 1 heterocycles. The maximum atomic E-state index is 11.9. The van der Waals surface area contributed by atoms with Crippen molar-refractivity contribution in [3.05, 3.63) is 16.1 Å². The highest BCUT2D eigenvalue weighted by molar-refractivity contribution is 7.09. The van der Waals surface area contributed by atoms with Crippen LogP contribution in [0.1, 0.15) is 17.5 Å². The fourth-order valence-electron chi connectivity index (χ4n) is 1.34. The van der Waals surface area contributed by atoms with E-state index in [-0.39, 0.29) is 6.61 Å². The highest BCUT2D eigenvalue weighted by Crippen LogP contribution is 2.14. The quantitative estimate of drug-likeness (QED) is 0.615. The molecule has 0 aliphatic carbocycles. The van der Waals surface area contributed by atoms with Gasteiger partial charge in [0.15, 0.2) is 6.04 Å². The van der Waals surface area contributed by atoms with Crippen molar-refractivity contribution in [1.29, 1.82) is 0 Å². The molecule has 100 valence electrons. The van der Waals surface area contributed by atoms with E-state index in [0.29, 0.717) is 6.54 Å². The summed E-state index contributed by atoms with van der Waals surface area (Å²) in [6, 6.07) is -1.26. The molecule has 0 saturated heterocycles. The Morgan fingerprint density at radius 3 is 2.78 bits per heavy atom. The van der Waals surface area contributed by atoms with Crippen LogP contribution < -0.4 is 5.73 Å². The molecule has 0 fully saturated rings. The van der Waals surface area contributed by atoms with Gasteiger partial charge in [-0.15, -0.1) is 11.3 Å². The van der Waals surface area contributed by atoms with Crippen LogP contribution in [0, 0.1) is 6.92 Å². The molecule has 1 atom stereocenters. The van der Waals surface area contributed by atoms with E-state index >= 15 is 0 Å². The Labute approximate surface area is 110 Å². The number of hydrogen-bond donors (Lipinski definition) is 1. The molecule has 6 nitrogen and oxygen atoms in total. The van der Waals surface area contributed by atoms with Gasteiger partial charge in [0.2, 0.25) is 0 Å². The first-order valence-corrected chi connectivity index (χ1v) is 6.41. The topological polar surface area (TPSA) is 85.5 Å². The van der Waals surface area contributed by atoms with Gasteiger partial charge in [0.05, 0.1) is 24.4 Å². The zero-order valence-corrected chi connectivity index (χ0v) is 11.5. The zero-order chi connectivity index (χ0) is 13.7. The maximum Gasteiger partial charge on any atom is 0.332 e. The number of hydrogen-bond acceptors (Lipinski definition) is 6. The first-order chi connectivity index (χ1) is 8.47. The van der Waals surface area contributed by atoms with E-state index < -0.39 is 17.9 Å². The molecule has 0 bridgehead atoms. The van der Waals surface area contributed by atoms with Crippen LogP contribution in [-0.4, -0.2) is 41.5 Å². The van der Waals surface area contributed by atoms with Gasteiger partial charge in [-0.1, -0.05) is 0 Å². The molecule has 1 aromatic rings. The van der Waals surface area contributed by atoms with E-state index in [9.17, 15) is 9.59 Å². The van der Waals surface area contributed by atoms with Crippen LogP contribution in [0.5, 0.6) is 0 Å². The van der Waals surface area contributed by atoms with Crippen LogP contribution in [0.15, 0.2) is 5.51 Å². The van der Waals surface area contributed by atoms with Crippen molar-refractivity contribution in [2.45, 2.75) is 26.4 Å². The van der Waals surface area contributed by atoms with E-state index in [1.165, 1.54) is 16.2 Å². The van der Waals surface area contributed by atoms with E-state index in [4.69, 9.17) is 10.5 Å². The molecular formula is C11H17N3O3S. The van der Waals surface area contributed by atoms with E-state index in [2.05, 4.69) is 4.98 Å². The molecule has 1 unspecified atom stereocenters. The summed E-state index contributed by atoms with van der Waals surface area (Å²) in [5.74, 6) is -1.16. The number of aryl methyl sites for hydroxylation is 1. The number of likely N-dealkylation sites (N-methyl/N-ethyl adjacent to an activating group) is 1. The fraction of sp³-hybridized carbons (Fsp3) is 0.545. The summed E-state index contributed by atoms with van der Waals surface area (Å²) < 4.78 is 4.71. The van der Waals surface area contributed by atoms with Gasteiger partial charge >= 0.3 is 5.97 Å². The highest BCUT2D eigenvalue weighted by atomic mass is 32.1. The summed E-state index contributed by atoms with van der Waals surface area (Å²) >= 11 is 1.46. The van der Waals surface area contributed by atoms with Crippen LogP contribution in [-0.2, 0) is 20.9 Å². The second-order valence-corrected chi connectivity index (χ2v) is 4.72. The van der Waals surface area contributed by atoms with Gasteiger partial charge in [-0.2, -0.15) is 0 Å². The molecular weight excluding hydrogens is 254 g/mol. The molecule has 0 aromatic carbocycles. The Balaban J connectivity index is 2.61. The van der Waals surface area contributed by atoms with Crippen molar-refractivity contribution < 1.29 is 14.3 Å². The van der Waals surface area contributed by atoms with Crippen molar-refractivity contribution in [2.75, 3.05) is 13.7 Å². The lowest BCUT2D eigenvalue weighted by molar-refractivity contribution is -0.150. The van der Waals surface area contributed by atoms with E-state index in [0.717, 1.165) is 10.6 Å². The van der Waals surface area contributed by atoms with Crippen molar-refractivity contribution in [2.24, 2.45) is 5.73 Å². The van der Waals surface area contributed by atoms with Crippen LogP contribution in [0.4, 0.5) is 0 Å². The number of carbonyl (C=O) groups excluding carboxylic acids is 2. The Kier molecular flexibility index (Phi) is 5.24. The maximum absolute atomic E-state index is 11.9. The van der Waals surface area contributed by atoms with Crippen molar-refractivity contribution in [3.8, 4) is 0 Å². The lowest BCUT2D eigenvalue weighted by Gasteiger charge is -2.19. The van der Waals surface area contributed by atoms with Crippen LogP contribution >= 0.6 is 11.3 Å². The van der Waals surface area contributed by atoms with Crippen molar-refractivity contribution in [1.82, 2.24) is 9.88 Å². The van der Waals surface area contributed by atoms with Gasteiger partial charge in [0.25, 0.3) is 5.91 Å². The SMILES string of the molecule is CCOC(=O)C(N)C(=O)N(C)Cc1scnc1C. The minimum absolute atomic E-state index is 0.206. The number of ether oxygens (including phenoxy) is 1. The molecule has 1 amide bonds. The number of esters is 1. The average Bonchev–Trinajstić information content (AvgIpc) is 2.73. The number of aromatic nitrogens is 1. The Morgan fingerprint density at radius 1 is 1.61 bits per heavy atom. The molecule has 1 rings (SSSR count). The van der Waals surface area contributed by atoms with Gasteiger partial charge in [-0.25, -0.2) is 9.78 Å². The lowest BCUT2D eigenvalue weighted by Crippen LogP contribution is -2.47. The number of carbonyl (C=O) groups is 2. The predicted molar refractivity (Wildman–Crippen MR) is 67.9 cm³/mol. The molecule has 7 heteroatoms. The normalized spacial score (nSPS) is 12.0. The molecule has 0 aliphatic heterocycles. The third-order valence-electron chi connectivity index (χ3n) is 2.41. The standard InChI is InChI=1S/C11H17N3O3S/c1-4-17-11(16)9(12)10(15)14(3)5-8-7(2)13-6-18-8/h6,9H,4-5,12H2,1-3H3. The fourth-order valence-corrected chi connectivity index (χ4v) is 2.17. The number of amides is 1. The molecule has 18 heavy (non-hydrogen) atoms. The zero-order valence-electron chi connectivity index (χ0n) is 10.7. The third-order valence-corrected chi connectivity index (χ3v) is 3.33.